The van der Waals surface area contributed by atoms with Crippen molar-refractivity contribution in [2.24, 2.45) is 10.2 Å². The van der Waals surface area contributed by atoms with Gasteiger partial charge in [-0.15, -0.1) is 0 Å². The third-order valence-electron chi connectivity index (χ3n) is 7.24. The van der Waals surface area contributed by atoms with Crippen LogP contribution in [0.25, 0.3) is 22.2 Å². The second kappa shape index (κ2) is 7.53. The molecule has 7 nitrogen and oxygen atoms in total. The Kier molecular flexibility index (Phi) is 4.64. The molecule has 2 atom stereocenters. The van der Waals surface area contributed by atoms with E-state index in [-0.39, 0.29) is 17.6 Å². The summed E-state index contributed by atoms with van der Waals surface area (Å²) in [7, 11) is 0. The molecule has 0 fully saturated rings. The van der Waals surface area contributed by atoms with Gasteiger partial charge in [0.1, 0.15) is 5.82 Å². The van der Waals surface area contributed by atoms with Gasteiger partial charge in [0.2, 0.25) is 0 Å². The lowest BCUT2D eigenvalue weighted by Gasteiger charge is -2.48. The zero-order valence-corrected chi connectivity index (χ0v) is 19.8. The van der Waals surface area contributed by atoms with E-state index in [1.54, 1.807) is 12.4 Å². The van der Waals surface area contributed by atoms with E-state index in [1.165, 1.54) is 12.3 Å². The molecule has 3 aliphatic rings. The van der Waals surface area contributed by atoms with Gasteiger partial charge in [0, 0.05) is 41.1 Å². The fraction of sp³-hybridized carbons (Fsp3) is 0.296. The average molecular weight is 469 g/mol. The van der Waals surface area contributed by atoms with Gasteiger partial charge < -0.3 is 10.6 Å². The van der Waals surface area contributed by atoms with Gasteiger partial charge in [-0.1, -0.05) is 25.1 Å². The first kappa shape index (κ1) is 21.6. The van der Waals surface area contributed by atoms with Crippen molar-refractivity contribution < 1.29 is 9.18 Å². The van der Waals surface area contributed by atoms with Crippen molar-refractivity contribution >= 4 is 16.9 Å². The van der Waals surface area contributed by atoms with Crippen molar-refractivity contribution in [2.75, 3.05) is 0 Å². The standard InChI is InChI=1S/C27H25FN6O/c1-4-27(19-14-31-34-24(19)32-21-12-26(2,3)33-25(35)22(21)27)16-7-5-6-15(10-16)18-8-9-29-20-11-17(28)13-30-23(18)20/h5-11,13-14,24,32H,4,12H2,1-3H3,(H,33,35)/t24?,27-/m1/s1. The molecule has 6 rings (SSSR count). The van der Waals surface area contributed by atoms with Crippen molar-refractivity contribution in [1.29, 1.82) is 0 Å². The highest BCUT2D eigenvalue weighted by atomic mass is 19.1. The Morgan fingerprint density at radius 3 is 2.86 bits per heavy atom. The molecule has 0 spiro atoms. The van der Waals surface area contributed by atoms with Gasteiger partial charge in [0.05, 0.1) is 34.4 Å². The molecule has 0 aliphatic carbocycles. The molecule has 0 saturated heterocycles. The second-order valence-corrected chi connectivity index (χ2v) is 9.95. The van der Waals surface area contributed by atoms with Crippen LogP contribution in [0, 0.1) is 5.82 Å². The Morgan fingerprint density at radius 1 is 1.17 bits per heavy atom. The minimum Gasteiger partial charge on any atom is -0.362 e. The number of benzene rings is 1. The van der Waals surface area contributed by atoms with Crippen molar-refractivity contribution in [3.63, 3.8) is 0 Å². The zero-order valence-electron chi connectivity index (χ0n) is 19.8. The van der Waals surface area contributed by atoms with E-state index < -0.39 is 11.2 Å². The van der Waals surface area contributed by atoms with Crippen molar-refractivity contribution in [3.8, 4) is 11.1 Å². The summed E-state index contributed by atoms with van der Waals surface area (Å²) in [6.07, 6.45) is 5.70. The predicted molar refractivity (Wildman–Crippen MR) is 131 cm³/mol. The average Bonchev–Trinajstić information content (AvgIpc) is 3.30. The number of carbonyl (C=O) groups excluding carboxylic acids is 1. The number of amides is 1. The third kappa shape index (κ3) is 3.20. The number of hydrogen-bond donors (Lipinski definition) is 2. The Bertz CT molecular complexity index is 1490. The van der Waals surface area contributed by atoms with Gasteiger partial charge in [0.25, 0.3) is 5.91 Å². The van der Waals surface area contributed by atoms with E-state index in [2.05, 4.69) is 49.9 Å². The third-order valence-corrected chi connectivity index (χ3v) is 7.24. The van der Waals surface area contributed by atoms with Gasteiger partial charge in [-0.05, 0) is 43.5 Å². The van der Waals surface area contributed by atoms with Gasteiger partial charge in [-0.25, -0.2) is 4.39 Å². The minimum atomic E-state index is -0.687. The lowest BCUT2D eigenvalue weighted by atomic mass is 9.62. The maximum absolute atomic E-state index is 13.8. The molecule has 0 saturated carbocycles. The van der Waals surface area contributed by atoms with Crippen LogP contribution in [0.4, 0.5) is 4.39 Å². The smallest absolute Gasteiger partial charge is 0.250 e. The Morgan fingerprint density at radius 2 is 2.03 bits per heavy atom. The van der Waals surface area contributed by atoms with Crippen LogP contribution in [0.1, 0.15) is 39.2 Å². The number of rotatable bonds is 3. The van der Waals surface area contributed by atoms with E-state index in [0.29, 0.717) is 23.9 Å². The highest BCUT2D eigenvalue weighted by molar-refractivity contribution is 6.00. The normalized spacial score (nSPS) is 24.5. The van der Waals surface area contributed by atoms with E-state index in [1.807, 2.05) is 32.0 Å². The molecule has 8 heteroatoms. The van der Waals surface area contributed by atoms with Crippen LogP contribution in [0.15, 0.2) is 82.1 Å². The highest BCUT2D eigenvalue weighted by Crippen LogP contribution is 2.51. The van der Waals surface area contributed by atoms with Crippen LogP contribution in [0.3, 0.4) is 0 Å². The number of halogens is 1. The number of nitrogens with zero attached hydrogens (tertiary/aromatic N) is 4. The largest absolute Gasteiger partial charge is 0.362 e. The second-order valence-electron chi connectivity index (χ2n) is 9.95. The zero-order chi connectivity index (χ0) is 24.4. The summed E-state index contributed by atoms with van der Waals surface area (Å²) in [4.78, 5) is 22.2. The molecular weight excluding hydrogens is 443 g/mol. The van der Waals surface area contributed by atoms with E-state index in [0.717, 1.165) is 33.5 Å². The fourth-order valence-corrected chi connectivity index (χ4v) is 5.80. The van der Waals surface area contributed by atoms with Gasteiger partial charge >= 0.3 is 0 Å². The van der Waals surface area contributed by atoms with Crippen LogP contribution in [-0.4, -0.2) is 27.6 Å². The quantitative estimate of drug-likeness (QED) is 0.571. The molecular formula is C27H25FN6O. The van der Waals surface area contributed by atoms with E-state index in [4.69, 9.17) is 0 Å². The SMILES string of the molecule is CC[C@@]1(c2cccc(-c3ccnc4cc(F)cnc34)c2)C2=CN=NC2NC2=C1C(=O)NC(C)(C)C2. The van der Waals surface area contributed by atoms with E-state index in [9.17, 15) is 9.18 Å². The van der Waals surface area contributed by atoms with Gasteiger partial charge in [-0.3, -0.25) is 14.8 Å². The number of carbonyl (C=O) groups is 1. The van der Waals surface area contributed by atoms with Crippen LogP contribution in [0.5, 0.6) is 0 Å². The Hall–Kier alpha value is -3.94. The summed E-state index contributed by atoms with van der Waals surface area (Å²) in [5.41, 5.74) is 5.44. The first-order valence-electron chi connectivity index (χ1n) is 11.8. The highest BCUT2D eigenvalue weighted by Gasteiger charge is 2.53. The topological polar surface area (TPSA) is 91.6 Å². The number of nitrogens with one attached hydrogen (secondary N) is 2. The molecule has 0 radical (unpaired) electrons. The molecule has 1 aromatic carbocycles. The van der Waals surface area contributed by atoms with Crippen LogP contribution < -0.4 is 10.6 Å². The number of hydrogen-bond acceptors (Lipinski definition) is 6. The van der Waals surface area contributed by atoms with Crippen molar-refractivity contribution in [2.45, 2.75) is 50.7 Å². The fourth-order valence-electron chi connectivity index (χ4n) is 5.80. The minimum absolute atomic E-state index is 0.0752. The first-order valence-corrected chi connectivity index (χ1v) is 11.8. The molecule has 35 heavy (non-hydrogen) atoms. The summed E-state index contributed by atoms with van der Waals surface area (Å²) in [5.74, 6) is -0.498. The summed E-state index contributed by atoms with van der Waals surface area (Å²) >= 11 is 0. The van der Waals surface area contributed by atoms with Gasteiger partial charge in [0.15, 0.2) is 6.17 Å². The number of fused-ring (bicyclic) bond motifs is 2. The molecule has 3 aliphatic heterocycles. The maximum atomic E-state index is 13.8. The van der Waals surface area contributed by atoms with Crippen LogP contribution in [0.2, 0.25) is 0 Å². The molecule has 5 heterocycles. The molecule has 1 unspecified atom stereocenters. The van der Waals surface area contributed by atoms with Crippen LogP contribution in [-0.2, 0) is 10.2 Å². The number of pyridine rings is 2. The Balaban J connectivity index is 1.58. The first-order chi connectivity index (χ1) is 16.8. The molecule has 0 bridgehead atoms. The van der Waals surface area contributed by atoms with Crippen molar-refractivity contribution in [1.82, 2.24) is 20.6 Å². The lowest BCUT2D eigenvalue weighted by Crippen LogP contribution is -2.58. The molecule has 2 aromatic heterocycles. The van der Waals surface area contributed by atoms with E-state index >= 15 is 0 Å². The van der Waals surface area contributed by atoms with Crippen molar-refractivity contribution in [3.05, 3.63) is 83.2 Å². The number of azo groups is 1. The summed E-state index contributed by atoms with van der Waals surface area (Å²) in [6.45, 7) is 6.14. The summed E-state index contributed by atoms with van der Waals surface area (Å²) in [6, 6.07) is 11.4. The summed E-state index contributed by atoms with van der Waals surface area (Å²) < 4.78 is 13.8. The maximum Gasteiger partial charge on any atom is 0.250 e. The molecule has 3 aromatic rings. The lowest BCUT2D eigenvalue weighted by molar-refractivity contribution is -0.120. The molecule has 2 N–H and O–H groups in total. The molecule has 176 valence electrons. The monoisotopic (exact) mass is 468 g/mol. The number of aromatic nitrogens is 2. The van der Waals surface area contributed by atoms with Gasteiger partial charge in [-0.2, -0.15) is 10.2 Å². The summed E-state index contributed by atoms with van der Waals surface area (Å²) in [5, 5.41) is 15.3. The van der Waals surface area contributed by atoms with Crippen LogP contribution >= 0.6 is 0 Å². The molecule has 1 amide bonds. The Labute approximate surface area is 202 Å². The predicted octanol–water partition coefficient (Wildman–Crippen LogP) is 4.92.